The van der Waals surface area contributed by atoms with Crippen molar-refractivity contribution in [3.8, 4) is 6.07 Å². The predicted molar refractivity (Wildman–Crippen MR) is 95.4 cm³/mol. The molecular formula is C19H17FN2O3S. The second-order valence-electron chi connectivity index (χ2n) is 6.04. The van der Waals surface area contributed by atoms with E-state index in [-0.39, 0.29) is 6.42 Å². The van der Waals surface area contributed by atoms with Crippen LogP contribution in [0.5, 0.6) is 0 Å². The average Bonchev–Trinajstić information content (AvgIpc) is 2.97. The lowest BCUT2D eigenvalue weighted by Crippen LogP contribution is -2.21. The third kappa shape index (κ3) is 4.27. The molecule has 1 heterocycles. The van der Waals surface area contributed by atoms with Gasteiger partial charge in [-0.15, -0.1) is 11.3 Å². The highest BCUT2D eigenvalue weighted by Crippen LogP contribution is 2.37. The van der Waals surface area contributed by atoms with Crippen LogP contribution in [-0.4, -0.2) is 18.5 Å². The van der Waals surface area contributed by atoms with Crippen LogP contribution in [0.15, 0.2) is 24.3 Å². The Morgan fingerprint density at radius 3 is 2.88 bits per heavy atom. The molecule has 1 aliphatic carbocycles. The van der Waals surface area contributed by atoms with Crippen LogP contribution < -0.4 is 5.32 Å². The van der Waals surface area contributed by atoms with E-state index in [0.29, 0.717) is 16.1 Å². The number of halogens is 1. The highest BCUT2D eigenvalue weighted by Gasteiger charge is 2.22. The van der Waals surface area contributed by atoms with E-state index in [1.54, 1.807) is 6.07 Å². The van der Waals surface area contributed by atoms with E-state index < -0.39 is 24.3 Å². The van der Waals surface area contributed by atoms with Crippen LogP contribution >= 0.6 is 11.3 Å². The summed E-state index contributed by atoms with van der Waals surface area (Å²) in [5.41, 5.74) is 2.03. The fourth-order valence-electron chi connectivity index (χ4n) is 2.95. The number of amides is 1. The first kappa shape index (κ1) is 18.1. The number of ether oxygens (including phenoxy) is 1. The molecule has 1 amide bonds. The molecule has 0 radical (unpaired) electrons. The van der Waals surface area contributed by atoms with Crippen LogP contribution in [0.2, 0.25) is 0 Å². The molecule has 5 nitrogen and oxygen atoms in total. The molecular weight excluding hydrogens is 355 g/mol. The number of fused-ring (bicyclic) bond motifs is 1. The first-order valence-electron chi connectivity index (χ1n) is 8.31. The molecule has 26 heavy (non-hydrogen) atoms. The van der Waals surface area contributed by atoms with Crippen molar-refractivity contribution in [3.05, 3.63) is 51.7 Å². The van der Waals surface area contributed by atoms with Gasteiger partial charge in [0.25, 0.3) is 5.91 Å². The Labute approximate surface area is 154 Å². The standard InChI is InChI=1S/C19H17FN2O3S/c20-13-5-3-4-12(8-13)9-18(24)25-11-17(23)22-19-15(10-21)14-6-1-2-7-16(14)26-19/h3-5,8H,1-2,6-7,9,11H2,(H,22,23). The summed E-state index contributed by atoms with van der Waals surface area (Å²) in [6, 6.07) is 7.82. The van der Waals surface area contributed by atoms with Gasteiger partial charge in [0.2, 0.25) is 0 Å². The van der Waals surface area contributed by atoms with Gasteiger partial charge in [-0.2, -0.15) is 5.26 Å². The molecule has 0 fully saturated rings. The second kappa shape index (κ2) is 8.11. The molecule has 2 aromatic rings. The molecule has 1 N–H and O–H groups in total. The number of aryl methyl sites for hydroxylation is 1. The number of hydrogen-bond acceptors (Lipinski definition) is 5. The third-order valence-electron chi connectivity index (χ3n) is 4.14. The molecule has 134 valence electrons. The van der Waals surface area contributed by atoms with Gasteiger partial charge in [0.05, 0.1) is 12.0 Å². The van der Waals surface area contributed by atoms with Crippen molar-refractivity contribution in [2.45, 2.75) is 32.1 Å². The van der Waals surface area contributed by atoms with E-state index in [1.807, 2.05) is 0 Å². The Morgan fingerprint density at radius 2 is 2.12 bits per heavy atom. The van der Waals surface area contributed by atoms with Crippen molar-refractivity contribution >= 4 is 28.2 Å². The van der Waals surface area contributed by atoms with Gasteiger partial charge >= 0.3 is 5.97 Å². The minimum absolute atomic E-state index is 0.109. The van der Waals surface area contributed by atoms with Crippen LogP contribution in [-0.2, 0) is 33.6 Å². The van der Waals surface area contributed by atoms with E-state index in [0.717, 1.165) is 36.1 Å². The van der Waals surface area contributed by atoms with E-state index in [9.17, 15) is 19.2 Å². The van der Waals surface area contributed by atoms with Crippen LogP contribution in [0.4, 0.5) is 9.39 Å². The lowest BCUT2D eigenvalue weighted by Gasteiger charge is -2.09. The summed E-state index contributed by atoms with van der Waals surface area (Å²) in [5, 5.41) is 12.6. The normalized spacial score (nSPS) is 12.8. The van der Waals surface area contributed by atoms with Gasteiger partial charge in [0, 0.05) is 4.88 Å². The van der Waals surface area contributed by atoms with Crippen LogP contribution in [0.1, 0.15) is 34.4 Å². The molecule has 0 spiro atoms. The molecule has 3 rings (SSSR count). The summed E-state index contributed by atoms with van der Waals surface area (Å²) in [6.07, 6.45) is 3.80. The molecule has 0 saturated carbocycles. The Kier molecular flexibility index (Phi) is 5.64. The van der Waals surface area contributed by atoms with Crippen molar-refractivity contribution in [1.82, 2.24) is 0 Å². The lowest BCUT2D eigenvalue weighted by molar-refractivity contribution is -0.146. The van der Waals surface area contributed by atoms with Crippen molar-refractivity contribution in [2.75, 3.05) is 11.9 Å². The fraction of sp³-hybridized carbons (Fsp3) is 0.316. The number of nitrogens with zero attached hydrogens (tertiary/aromatic N) is 1. The predicted octanol–water partition coefficient (Wildman–Crippen LogP) is 3.36. The SMILES string of the molecule is N#Cc1c(NC(=O)COC(=O)Cc2cccc(F)c2)sc2c1CCCC2. The van der Waals surface area contributed by atoms with E-state index in [1.165, 1.54) is 29.5 Å². The number of benzene rings is 1. The Balaban J connectivity index is 1.55. The molecule has 7 heteroatoms. The van der Waals surface area contributed by atoms with Crippen molar-refractivity contribution < 1.29 is 18.7 Å². The van der Waals surface area contributed by atoms with Crippen molar-refractivity contribution in [3.63, 3.8) is 0 Å². The van der Waals surface area contributed by atoms with Gasteiger partial charge in [-0.05, 0) is 48.9 Å². The summed E-state index contributed by atoms with van der Waals surface area (Å²) in [6.45, 7) is -0.443. The van der Waals surface area contributed by atoms with Gasteiger partial charge < -0.3 is 10.1 Å². The van der Waals surface area contributed by atoms with Crippen LogP contribution in [0.25, 0.3) is 0 Å². The zero-order valence-electron chi connectivity index (χ0n) is 14.0. The van der Waals surface area contributed by atoms with Crippen molar-refractivity contribution in [2.24, 2.45) is 0 Å². The zero-order valence-corrected chi connectivity index (χ0v) is 14.8. The number of carbonyl (C=O) groups is 2. The Morgan fingerprint density at radius 1 is 1.31 bits per heavy atom. The molecule has 1 aromatic carbocycles. The highest BCUT2D eigenvalue weighted by atomic mass is 32.1. The maximum Gasteiger partial charge on any atom is 0.310 e. The maximum atomic E-state index is 13.1. The van der Waals surface area contributed by atoms with Gasteiger partial charge in [-0.3, -0.25) is 9.59 Å². The molecule has 1 aromatic heterocycles. The molecule has 0 saturated heterocycles. The highest BCUT2D eigenvalue weighted by molar-refractivity contribution is 7.16. The molecule has 0 atom stereocenters. The smallest absolute Gasteiger partial charge is 0.310 e. The number of nitriles is 1. The Hall–Kier alpha value is -2.72. The fourth-order valence-corrected chi connectivity index (χ4v) is 4.20. The number of rotatable bonds is 5. The van der Waals surface area contributed by atoms with E-state index in [4.69, 9.17) is 4.74 Å². The molecule has 1 aliphatic rings. The van der Waals surface area contributed by atoms with Gasteiger partial charge in [0.15, 0.2) is 6.61 Å². The minimum Gasteiger partial charge on any atom is -0.455 e. The average molecular weight is 372 g/mol. The van der Waals surface area contributed by atoms with Gasteiger partial charge in [-0.1, -0.05) is 12.1 Å². The number of nitrogens with one attached hydrogen (secondary N) is 1. The topological polar surface area (TPSA) is 79.2 Å². The second-order valence-corrected chi connectivity index (χ2v) is 7.15. The number of esters is 1. The number of thiophene rings is 1. The van der Waals surface area contributed by atoms with Crippen LogP contribution in [0, 0.1) is 17.1 Å². The lowest BCUT2D eigenvalue weighted by atomic mass is 9.96. The summed E-state index contributed by atoms with van der Waals surface area (Å²) in [5.74, 6) is -1.54. The summed E-state index contributed by atoms with van der Waals surface area (Å²) in [4.78, 5) is 25.0. The quantitative estimate of drug-likeness (QED) is 0.816. The Bertz CT molecular complexity index is 885. The van der Waals surface area contributed by atoms with Crippen LogP contribution in [0.3, 0.4) is 0 Å². The number of anilines is 1. The van der Waals surface area contributed by atoms with Crippen molar-refractivity contribution in [1.29, 1.82) is 5.26 Å². The molecule has 0 aliphatic heterocycles. The number of hydrogen-bond donors (Lipinski definition) is 1. The molecule has 0 unspecified atom stereocenters. The summed E-state index contributed by atoms with van der Waals surface area (Å²) < 4.78 is 18.0. The largest absolute Gasteiger partial charge is 0.455 e. The van der Waals surface area contributed by atoms with Gasteiger partial charge in [-0.25, -0.2) is 4.39 Å². The first-order chi connectivity index (χ1) is 12.6. The third-order valence-corrected chi connectivity index (χ3v) is 5.35. The van der Waals surface area contributed by atoms with E-state index in [2.05, 4.69) is 11.4 Å². The number of carbonyl (C=O) groups excluding carboxylic acids is 2. The zero-order chi connectivity index (χ0) is 18.5. The molecule has 0 bridgehead atoms. The monoisotopic (exact) mass is 372 g/mol. The minimum atomic E-state index is -0.614. The summed E-state index contributed by atoms with van der Waals surface area (Å²) in [7, 11) is 0. The first-order valence-corrected chi connectivity index (χ1v) is 9.13. The summed E-state index contributed by atoms with van der Waals surface area (Å²) >= 11 is 1.42. The van der Waals surface area contributed by atoms with E-state index >= 15 is 0 Å². The van der Waals surface area contributed by atoms with Gasteiger partial charge in [0.1, 0.15) is 16.9 Å². The maximum absolute atomic E-state index is 13.1.